The number of hydrogen-bond acceptors (Lipinski definition) is 2. The largest absolute Gasteiger partial charge is 0.336 e. The maximum Gasteiger partial charge on any atom is 0.0946 e. The van der Waals surface area contributed by atoms with Crippen molar-refractivity contribution in [2.24, 2.45) is 7.05 Å². The second kappa shape index (κ2) is 5.17. The summed E-state index contributed by atoms with van der Waals surface area (Å²) in [6, 6.07) is 9.23. The predicted molar refractivity (Wildman–Crippen MR) is 77.1 cm³/mol. The summed E-state index contributed by atoms with van der Waals surface area (Å²) in [6.07, 6.45) is 7.87. The molecule has 1 N–H and O–H groups in total. The summed E-state index contributed by atoms with van der Waals surface area (Å²) >= 11 is 0. The second-order valence-corrected chi connectivity index (χ2v) is 5.45. The van der Waals surface area contributed by atoms with Gasteiger partial charge in [0.2, 0.25) is 0 Å². The summed E-state index contributed by atoms with van der Waals surface area (Å²) in [7, 11) is 4.05. The van der Waals surface area contributed by atoms with Crippen molar-refractivity contribution in [3.63, 3.8) is 0 Å². The molecule has 1 aliphatic carbocycles. The molecule has 1 aromatic heterocycles. The Morgan fingerprint density at radius 3 is 2.79 bits per heavy atom. The maximum absolute atomic E-state index is 4.22. The number of rotatable bonds is 4. The van der Waals surface area contributed by atoms with E-state index in [-0.39, 0.29) is 6.04 Å². The van der Waals surface area contributed by atoms with Gasteiger partial charge < -0.3 is 9.88 Å². The molecule has 1 unspecified atom stereocenters. The Morgan fingerprint density at radius 2 is 2.21 bits per heavy atom. The number of benzene rings is 1. The lowest BCUT2D eigenvalue weighted by molar-refractivity contribution is 0.419. The molecule has 3 rings (SSSR count). The Kier molecular flexibility index (Phi) is 3.38. The van der Waals surface area contributed by atoms with E-state index in [0.29, 0.717) is 0 Å². The molecule has 0 radical (unpaired) electrons. The van der Waals surface area contributed by atoms with E-state index in [2.05, 4.69) is 39.1 Å². The number of aryl methyl sites for hydroxylation is 1. The van der Waals surface area contributed by atoms with Gasteiger partial charge in [-0.05, 0) is 36.9 Å². The standard InChI is InChI=1S/C16H21N3/c1-17-16(15-10-18-11-19(15)2)14-8-4-7-13(9-14)12-5-3-6-12/h4,7-12,16-17H,3,5-6H2,1-2H3. The minimum Gasteiger partial charge on any atom is -0.336 e. The molecular weight excluding hydrogens is 234 g/mol. The third-order valence-electron chi connectivity index (χ3n) is 4.26. The van der Waals surface area contributed by atoms with Gasteiger partial charge in [-0.1, -0.05) is 30.7 Å². The summed E-state index contributed by atoms with van der Waals surface area (Å²) < 4.78 is 2.08. The highest BCUT2D eigenvalue weighted by Gasteiger charge is 2.21. The van der Waals surface area contributed by atoms with E-state index in [4.69, 9.17) is 0 Å². The summed E-state index contributed by atoms with van der Waals surface area (Å²) in [5.41, 5.74) is 4.02. The number of imidazole rings is 1. The molecule has 19 heavy (non-hydrogen) atoms. The molecule has 1 fully saturated rings. The van der Waals surface area contributed by atoms with E-state index in [0.717, 1.165) is 5.92 Å². The average Bonchev–Trinajstić information content (AvgIpc) is 2.75. The van der Waals surface area contributed by atoms with Crippen molar-refractivity contribution in [3.05, 3.63) is 53.6 Å². The van der Waals surface area contributed by atoms with E-state index >= 15 is 0 Å². The molecule has 0 bridgehead atoms. The zero-order chi connectivity index (χ0) is 13.2. The van der Waals surface area contributed by atoms with Crippen molar-refractivity contribution >= 4 is 0 Å². The van der Waals surface area contributed by atoms with Crippen molar-refractivity contribution in [1.82, 2.24) is 14.9 Å². The Morgan fingerprint density at radius 1 is 1.37 bits per heavy atom. The van der Waals surface area contributed by atoms with Crippen LogP contribution in [0.25, 0.3) is 0 Å². The minimum atomic E-state index is 0.215. The topological polar surface area (TPSA) is 29.9 Å². The van der Waals surface area contributed by atoms with Crippen LogP contribution in [0.5, 0.6) is 0 Å². The molecule has 3 heteroatoms. The van der Waals surface area contributed by atoms with Crippen molar-refractivity contribution < 1.29 is 0 Å². The fourth-order valence-electron chi connectivity index (χ4n) is 2.86. The Labute approximate surface area is 114 Å². The van der Waals surface area contributed by atoms with Crippen LogP contribution < -0.4 is 5.32 Å². The lowest BCUT2D eigenvalue weighted by Gasteiger charge is -2.27. The molecule has 0 spiro atoms. The average molecular weight is 255 g/mol. The first kappa shape index (κ1) is 12.4. The van der Waals surface area contributed by atoms with Gasteiger partial charge in [0.1, 0.15) is 0 Å². The van der Waals surface area contributed by atoms with Crippen LogP contribution >= 0.6 is 0 Å². The van der Waals surface area contributed by atoms with Crippen LogP contribution in [-0.2, 0) is 7.05 Å². The number of aromatic nitrogens is 2. The van der Waals surface area contributed by atoms with Crippen LogP contribution in [0.3, 0.4) is 0 Å². The van der Waals surface area contributed by atoms with Crippen LogP contribution in [-0.4, -0.2) is 16.6 Å². The van der Waals surface area contributed by atoms with Gasteiger partial charge in [-0.25, -0.2) is 4.98 Å². The Hall–Kier alpha value is -1.61. The lowest BCUT2D eigenvalue weighted by atomic mass is 9.79. The Bertz CT molecular complexity index is 555. The van der Waals surface area contributed by atoms with Crippen LogP contribution in [0.1, 0.15) is 48.0 Å². The number of nitrogens with one attached hydrogen (secondary N) is 1. The normalized spacial score (nSPS) is 17.2. The van der Waals surface area contributed by atoms with Gasteiger partial charge in [0.15, 0.2) is 0 Å². The first-order valence-electron chi connectivity index (χ1n) is 7.03. The monoisotopic (exact) mass is 255 g/mol. The highest BCUT2D eigenvalue weighted by atomic mass is 15.1. The van der Waals surface area contributed by atoms with Gasteiger partial charge in [-0.3, -0.25) is 0 Å². The number of nitrogens with zero attached hydrogens (tertiary/aromatic N) is 2. The molecule has 1 atom stereocenters. The van der Waals surface area contributed by atoms with Gasteiger partial charge in [-0.15, -0.1) is 0 Å². The Balaban J connectivity index is 1.93. The summed E-state index contributed by atoms with van der Waals surface area (Å²) in [5.74, 6) is 0.781. The zero-order valence-electron chi connectivity index (χ0n) is 11.6. The molecule has 100 valence electrons. The molecule has 1 saturated carbocycles. The number of hydrogen-bond donors (Lipinski definition) is 1. The van der Waals surface area contributed by atoms with E-state index in [1.54, 1.807) is 0 Å². The molecule has 3 nitrogen and oxygen atoms in total. The van der Waals surface area contributed by atoms with Crippen LogP contribution in [0.2, 0.25) is 0 Å². The summed E-state index contributed by atoms with van der Waals surface area (Å²) in [5, 5.41) is 3.40. The lowest BCUT2D eigenvalue weighted by Crippen LogP contribution is -2.20. The predicted octanol–water partition coefficient (Wildman–Crippen LogP) is 3.00. The van der Waals surface area contributed by atoms with Gasteiger partial charge in [0.25, 0.3) is 0 Å². The third-order valence-corrected chi connectivity index (χ3v) is 4.26. The van der Waals surface area contributed by atoms with Crippen molar-refractivity contribution in [3.8, 4) is 0 Å². The van der Waals surface area contributed by atoms with Gasteiger partial charge >= 0.3 is 0 Å². The van der Waals surface area contributed by atoms with Gasteiger partial charge in [-0.2, -0.15) is 0 Å². The molecule has 2 aromatic rings. The van der Waals surface area contributed by atoms with E-state index in [9.17, 15) is 0 Å². The van der Waals surface area contributed by atoms with Gasteiger partial charge in [0.05, 0.1) is 24.3 Å². The smallest absolute Gasteiger partial charge is 0.0946 e. The molecule has 0 aliphatic heterocycles. The highest BCUT2D eigenvalue weighted by Crippen LogP contribution is 2.37. The summed E-state index contributed by atoms with van der Waals surface area (Å²) in [6.45, 7) is 0. The molecule has 1 heterocycles. The van der Waals surface area contributed by atoms with Crippen molar-refractivity contribution in [2.75, 3.05) is 7.05 Å². The quantitative estimate of drug-likeness (QED) is 0.910. The van der Waals surface area contributed by atoms with Crippen molar-refractivity contribution in [2.45, 2.75) is 31.2 Å². The van der Waals surface area contributed by atoms with Crippen molar-refractivity contribution in [1.29, 1.82) is 0 Å². The van der Waals surface area contributed by atoms with E-state index in [1.165, 1.54) is 36.1 Å². The SMILES string of the molecule is CNC(c1cccc(C2CCC2)c1)c1cncn1C. The zero-order valence-corrected chi connectivity index (χ0v) is 11.6. The van der Waals surface area contributed by atoms with Crippen LogP contribution in [0, 0.1) is 0 Å². The molecule has 1 aliphatic rings. The first-order valence-corrected chi connectivity index (χ1v) is 7.03. The van der Waals surface area contributed by atoms with E-state index in [1.807, 2.05) is 26.6 Å². The maximum atomic E-state index is 4.22. The summed E-state index contributed by atoms with van der Waals surface area (Å²) in [4.78, 5) is 4.22. The minimum absolute atomic E-state index is 0.215. The second-order valence-electron chi connectivity index (χ2n) is 5.45. The fraction of sp³-hybridized carbons (Fsp3) is 0.438. The molecule has 0 amide bonds. The molecule has 1 aromatic carbocycles. The third kappa shape index (κ3) is 2.30. The first-order chi connectivity index (χ1) is 9.29. The van der Waals surface area contributed by atoms with Crippen LogP contribution in [0.15, 0.2) is 36.8 Å². The van der Waals surface area contributed by atoms with Gasteiger partial charge in [0, 0.05) is 7.05 Å². The van der Waals surface area contributed by atoms with E-state index < -0.39 is 0 Å². The highest BCUT2D eigenvalue weighted by molar-refractivity contribution is 5.33. The fourth-order valence-corrected chi connectivity index (χ4v) is 2.86. The molecule has 0 saturated heterocycles. The molecular formula is C16H21N3. The van der Waals surface area contributed by atoms with Crippen LogP contribution in [0.4, 0.5) is 0 Å².